The molecule has 0 fully saturated rings. The van der Waals surface area contributed by atoms with Crippen LogP contribution >= 0.6 is 23.2 Å². The van der Waals surface area contributed by atoms with Crippen molar-refractivity contribution in [3.63, 3.8) is 0 Å². The summed E-state index contributed by atoms with van der Waals surface area (Å²) in [5.74, 6) is 0.451. The molecule has 0 heterocycles. The molecule has 0 saturated carbocycles. The van der Waals surface area contributed by atoms with Crippen LogP contribution in [0, 0.1) is 11.3 Å². The molecular weight excluding hydrogens is 361 g/mol. The van der Waals surface area contributed by atoms with Gasteiger partial charge in [0.15, 0.2) is 11.5 Å². The van der Waals surface area contributed by atoms with Crippen molar-refractivity contribution in [2.75, 3.05) is 13.7 Å². The van der Waals surface area contributed by atoms with Crippen LogP contribution in [0.4, 0.5) is 0 Å². The van der Waals surface area contributed by atoms with Crippen molar-refractivity contribution in [2.45, 2.75) is 6.92 Å². The fourth-order valence-electron chi connectivity index (χ4n) is 2.20. The van der Waals surface area contributed by atoms with Gasteiger partial charge in [-0.25, -0.2) is 0 Å². The normalized spacial score (nSPS) is 10.9. The highest BCUT2D eigenvalue weighted by molar-refractivity contribution is 6.32. The molecule has 0 aliphatic rings. The average Bonchev–Trinajstić information content (AvgIpc) is 2.60. The van der Waals surface area contributed by atoms with Gasteiger partial charge >= 0.3 is 0 Å². The Bertz CT molecular complexity index is 852. The van der Waals surface area contributed by atoms with E-state index in [1.54, 1.807) is 36.4 Å². The Kier molecular flexibility index (Phi) is 6.46. The van der Waals surface area contributed by atoms with Gasteiger partial charge in [0, 0.05) is 10.6 Å². The first-order valence-electron chi connectivity index (χ1n) is 7.42. The topological polar surface area (TPSA) is 59.3 Å². The van der Waals surface area contributed by atoms with Crippen molar-refractivity contribution >= 4 is 35.1 Å². The van der Waals surface area contributed by atoms with Crippen LogP contribution in [0.5, 0.6) is 11.5 Å². The summed E-state index contributed by atoms with van der Waals surface area (Å²) in [6.07, 6.45) is 1.46. The highest BCUT2D eigenvalue weighted by Gasteiger charge is 2.15. The summed E-state index contributed by atoms with van der Waals surface area (Å²) in [7, 11) is 1.49. The van der Waals surface area contributed by atoms with Gasteiger partial charge in [-0.15, -0.1) is 0 Å². The fourth-order valence-corrected chi connectivity index (χ4v) is 2.63. The number of nitrogens with zero attached hydrogens (tertiary/aromatic N) is 1. The van der Waals surface area contributed by atoms with E-state index in [4.69, 9.17) is 32.7 Å². The highest BCUT2D eigenvalue weighted by atomic mass is 35.5. The molecule has 0 aromatic heterocycles. The van der Waals surface area contributed by atoms with Crippen molar-refractivity contribution in [1.82, 2.24) is 0 Å². The third kappa shape index (κ3) is 4.54. The van der Waals surface area contributed by atoms with Crippen molar-refractivity contribution in [3.05, 3.63) is 63.1 Å². The zero-order valence-electron chi connectivity index (χ0n) is 13.7. The maximum atomic E-state index is 12.5. The van der Waals surface area contributed by atoms with E-state index in [1.807, 2.05) is 13.0 Å². The van der Waals surface area contributed by atoms with E-state index in [9.17, 15) is 10.1 Å². The minimum Gasteiger partial charge on any atom is -0.491 e. The highest BCUT2D eigenvalue weighted by Crippen LogP contribution is 2.37. The summed E-state index contributed by atoms with van der Waals surface area (Å²) < 4.78 is 10.7. The van der Waals surface area contributed by atoms with Gasteiger partial charge in [-0.3, -0.25) is 4.79 Å². The minimum absolute atomic E-state index is 0.0222. The van der Waals surface area contributed by atoms with Crippen molar-refractivity contribution in [2.24, 2.45) is 0 Å². The van der Waals surface area contributed by atoms with Gasteiger partial charge in [0.2, 0.25) is 5.78 Å². The van der Waals surface area contributed by atoms with E-state index < -0.39 is 5.78 Å². The second-order valence-corrected chi connectivity index (χ2v) is 5.82. The lowest BCUT2D eigenvalue weighted by Crippen LogP contribution is -2.02. The number of hydrogen-bond donors (Lipinski definition) is 0. The van der Waals surface area contributed by atoms with E-state index in [0.717, 1.165) is 0 Å². The first kappa shape index (κ1) is 18.9. The molecule has 2 aromatic rings. The summed E-state index contributed by atoms with van der Waals surface area (Å²) in [5.41, 5.74) is 0.918. The van der Waals surface area contributed by atoms with E-state index in [0.29, 0.717) is 39.3 Å². The number of nitriles is 1. The maximum absolute atomic E-state index is 12.5. The second kappa shape index (κ2) is 8.57. The molecule has 0 amide bonds. The quantitative estimate of drug-likeness (QED) is 0.395. The van der Waals surface area contributed by atoms with Crippen molar-refractivity contribution in [3.8, 4) is 17.6 Å². The minimum atomic E-state index is -0.399. The molecular formula is C19H15Cl2NO3. The zero-order valence-corrected chi connectivity index (χ0v) is 15.2. The van der Waals surface area contributed by atoms with E-state index in [2.05, 4.69) is 0 Å². The van der Waals surface area contributed by atoms with E-state index in [1.165, 1.54) is 13.2 Å². The number of ether oxygens (including phenoxy) is 2. The van der Waals surface area contributed by atoms with Crippen LogP contribution < -0.4 is 9.47 Å². The number of methoxy groups -OCH3 is 1. The van der Waals surface area contributed by atoms with Crippen LogP contribution in [0.15, 0.2) is 42.0 Å². The molecule has 25 heavy (non-hydrogen) atoms. The van der Waals surface area contributed by atoms with Gasteiger partial charge in [0.1, 0.15) is 11.6 Å². The molecule has 128 valence electrons. The summed E-state index contributed by atoms with van der Waals surface area (Å²) >= 11 is 12.0. The predicted octanol–water partition coefficient (Wildman–Crippen LogP) is 5.19. The Morgan fingerprint density at radius 3 is 2.48 bits per heavy atom. The molecule has 2 rings (SSSR count). The van der Waals surface area contributed by atoms with E-state index in [-0.39, 0.29) is 5.57 Å². The molecule has 0 aliphatic heterocycles. The van der Waals surface area contributed by atoms with E-state index >= 15 is 0 Å². The SMILES string of the molecule is CCOc1cc(/C=C(\C#N)C(=O)c2ccc(Cl)cc2)cc(Cl)c1OC. The molecule has 4 nitrogen and oxygen atoms in total. The van der Waals surface area contributed by atoms with Gasteiger partial charge in [-0.2, -0.15) is 5.26 Å². The summed E-state index contributed by atoms with van der Waals surface area (Å²) in [5, 5.41) is 10.2. The molecule has 0 N–H and O–H groups in total. The summed E-state index contributed by atoms with van der Waals surface area (Å²) in [4.78, 5) is 12.5. The smallest absolute Gasteiger partial charge is 0.203 e. The third-order valence-corrected chi connectivity index (χ3v) is 3.85. The molecule has 6 heteroatoms. The van der Waals surface area contributed by atoms with Gasteiger partial charge in [0.05, 0.1) is 18.7 Å². The molecule has 0 unspecified atom stereocenters. The third-order valence-electron chi connectivity index (χ3n) is 3.32. The Balaban J connectivity index is 2.44. The standard InChI is InChI=1S/C19H15Cl2NO3/c1-3-25-17-10-12(9-16(21)19(17)24-2)8-14(11-22)18(23)13-4-6-15(20)7-5-13/h4-10H,3H2,1-2H3/b14-8+. The van der Waals surface area contributed by atoms with Crippen molar-refractivity contribution in [1.29, 1.82) is 5.26 Å². The molecule has 0 radical (unpaired) electrons. The Hall–Kier alpha value is -2.48. The molecule has 0 spiro atoms. The number of allylic oxidation sites excluding steroid dienone is 1. The van der Waals surface area contributed by atoms with Gasteiger partial charge < -0.3 is 9.47 Å². The van der Waals surface area contributed by atoms with Crippen LogP contribution in [0.3, 0.4) is 0 Å². The summed E-state index contributed by atoms with van der Waals surface area (Å²) in [6, 6.07) is 11.5. The number of hydrogen-bond acceptors (Lipinski definition) is 4. The number of rotatable bonds is 6. The van der Waals surface area contributed by atoms with Crippen LogP contribution in [-0.2, 0) is 0 Å². The molecule has 0 aliphatic carbocycles. The van der Waals surface area contributed by atoms with Crippen LogP contribution in [0.25, 0.3) is 6.08 Å². The molecule has 0 bridgehead atoms. The Labute approximate surface area is 156 Å². The lowest BCUT2D eigenvalue weighted by Gasteiger charge is -2.12. The van der Waals surface area contributed by atoms with Gasteiger partial charge in [-0.1, -0.05) is 23.2 Å². The lowest BCUT2D eigenvalue weighted by atomic mass is 10.0. The number of Topliss-reactive ketones (excluding diaryl/α,β-unsaturated/α-hetero) is 1. The average molecular weight is 376 g/mol. The van der Waals surface area contributed by atoms with Crippen LogP contribution in [0.2, 0.25) is 10.0 Å². The van der Waals surface area contributed by atoms with Crippen LogP contribution in [0.1, 0.15) is 22.8 Å². The molecule has 0 atom stereocenters. The zero-order chi connectivity index (χ0) is 18.4. The van der Waals surface area contributed by atoms with Gasteiger partial charge in [0.25, 0.3) is 0 Å². The second-order valence-electron chi connectivity index (χ2n) is 4.97. The summed E-state index contributed by atoms with van der Waals surface area (Å²) in [6.45, 7) is 2.26. The molecule has 2 aromatic carbocycles. The number of carbonyl (C=O) groups excluding carboxylic acids is 1. The number of ketones is 1. The number of carbonyl (C=O) groups is 1. The largest absolute Gasteiger partial charge is 0.491 e. The first-order valence-corrected chi connectivity index (χ1v) is 8.18. The Morgan fingerprint density at radius 1 is 1.24 bits per heavy atom. The number of benzene rings is 2. The maximum Gasteiger partial charge on any atom is 0.203 e. The lowest BCUT2D eigenvalue weighted by molar-refractivity contribution is 0.104. The Morgan fingerprint density at radius 2 is 1.92 bits per heavy atom. The van der Waals surface area contributed by atoms with Gasteiger partial charge in [-0.05, 0) is 55.0 Å². The van der Waals surface area contributed by atoms with Crippen LogP contribution in [-0.4, -0.2) is 19.5 Å². The fraction of sp³-hybridized carbons (Fsp3) is 0.158. The number of halogens is 2. The predicted molar refractivity (Wildman–Crippen MR) is 98.5 cm³/mol. The first-order chi connectivity index (χ1) is 12.0. The van der Waals surface area contributed by atoms with Crippen molar-refractivity contribution < 1.29 is 14.3 Å². The molecule has 0 saturated heterocycles. The monoisotopic (exact) mass is 375 g/mol.